The van der Waals surface area contributed by atoms with E-state index >= 15 is 0 Å². The van der Waals surface area contributed by atoms with Crippen molar-refractivity contribution in [2.45, 2.75) is 20.2 Å². The molecular weight excluding hydrogens is 358 g/mol. The Morgan fingerprint density at radius 3 is 2.57 bits per heavy atom. The molecule has 2 heterocycles. The van der Waals surface area contributed by atoms with Crippen LogP contribution < -0.4 is 0 Å². The second-order valence-electron chi connectivity index (χ2n) is 3.09. The predicted molar refractivity (Wildman–Crippen MR) is 64.8 cm³/mol. The molecule has 1 aromatic rings. The van der Waals surface area contributed by atoms with E-state index in [-0.39, 0.29) is 6.42 Å². The van der Waals surface area contributed by atoms with Gasteiger partial charge in [0.25, 0.3) is 5.92 Å². The van der Waals surface area contributed by atoms with E-state index in [2.05, 4.69) is 31.9 Å². The van der Waals surface area contributed by atoms with Crippen molar-refractivity contribution in [1.29, 1.82) is 0 Å². The lowest BCUT2D eigenvalue weighted by atomic mass is 10.1. The Morgan fingerprint density at radius 2 is 2.14 bits per heavy atom. The number of hydrogen-bond donors (Lipinski definition) is 0. The average molecular weight is 364 g/mol. The van der Waals surface area contributed by atoms with Gasteiger partial charge in [0.1, 0.15) is 7.82 Å². The molecule has 2 rings (SSSR count). The number of rotatable bonds is 1. The maximum absolute atomic E-state index is 13.6. The van der Waals surface area contributed by atoms with Gasteiger partial charge in [0.2, 0.25) is 0 Å². The van der Waals surface area contributed by atoms with Gasteiger partial charge >= 0.3 is 0 Å². The Kier molecular flexibility index (Phi) is 3.01. The highest BCUT2D eigenvalue weighted by molar-refractivity contribution is 9.28. The number of thioether (sulfide) groups is 1. The highest BCUT2D eigenvalue weighted by Crippen LogP contribution is 2.65. The minimum absolute atomic E-state index is 0.187. The molecule has 0 aliphatic carbocycles. The summed E-state index contributed by atoms with van der Waals surface area (Å²) in [6.07, 6.45) is -0.187. The maximum Gasteiger partial charge on any atom is 0.267 e. The van der Waals surface area contributed by atoms with Gasteiger partial charge in [0.05, 0.1) is 0 Å². The van der Waals surface area contributed by atoms with Gasteiger partial charge in [-0.15, -0.1) is 23.1 Å². The monoisotopic (exact) mass is 362 g/mol. The fourth-order valence-electron chi connectivity index (χ4n) is 1.37. The predicted octanol–water partition coefficient (Wildman–Crippen LogP) is 5.01. The van der Waals surface area contributed by atoms with Crippen molar-refractivity contribution in [3.63, 3.8) is 0 Å². The summed E-state index contributed by atoms with van der Waals surface area (Å²) in [7, 11) is 0. The highest BCUT2D eigenvalue weighted by Gasteiger charge is 2.56. The van der Waals surface area contributed by atoms with Crippen molar-refractivity contribution in [3.8, 4) is 0 Å². The summed E-state index contributed by atoms with van der Waals surface area (Å²) >= 11 is 9.10. The summed E-state index contributed by atoms with van der Waals surface area (Å²) in [6.45, 7) is 0. The zero-order chi connectivity index (χ0) is 10.4. The third kappa shape index (κ3) is 2.18. The molecule has 78 valence electrons. The highest BCUT2D eigenvalue weighted by atomic mass is 79.9. The molecule has 1 aromatic heterocycles. The number of thiophene rings is 1. The third-order valence-electron chi connectivity index (χ3n) is 1.92. The first-order valence-electron chi connectivity index (χ1n) is 3.88. The van der Waals surface area contributed by atoms with Crippen LogP contribution in [0.4, 0.5) is 8.78 Å². The van der Waals surface area contributed by atoms with Crippen LogP contribution in [-0.2, 0) is 0 Å². The summed E-state index contributed by atoms with van der Waals surface area (Å²) in [5, 5.41) is 1.09. The first kappa shape index (κ1) is 11.4. The summed E-state index contributed by atoms with van der Waals surface area (Å²) in [6, 6.07) is 3.57. The molecule has 14 heavy (non-hydrogen) atoms. The van der Waals surface area contributed by atoms with Gasteiger partial charge in [0.15, 0.2) is 0 Å². The summed E-state index contributed by atoms with van der Waals surface area (Å²) in [5.41, 5.74) is 0. The molecule has 0 radical (unpaired) electrons. The normalized spacial score (nSPS) is 29.3. The largest absolute Gasteiger partial charge is 0.267 e. The van der Waals surface area contributed by atoms with E-state index in [0.29, 0.717) is 0 Å². The molecule has 0 spiro atoms. The van der Waals surface area contributed by atoms with Crippen molar-refractivity contribution < 1.29 is 8.78 Å². The minimum atomic E-state index is -2.65. The van der Waals surface area contributed by atoms with Gasteiger partial charge in [0, 0.05) is 11.3 Å². The fourth-order valence-corrected chi connectivity index (χ4v) is 5.39. The maximum atomic E-state index is 13.6. The van der Waals surface area contributed by atoms with Gasteiger partial charge in [-0.05, 0) is 11.4 Å². The van der Waals surface area contributed by atoms with Gasteiger partial charge in [-0.3, -0.25) is 0 Å². The average Bonchev–Trinajstić information content (AvgIpc) is 2.54. The molecule has 1 aliphatic rings. The second kappa shape index (κ2) is 3.71. The van der Waals surface area contributed by atoms with Crippen molar-refractivity contribution in [3.05, 3.63) is 22.4 Å². The lowest BCUT2D eigenvalue weighted by Crippen LogP contribution is -2.19. The van der Waals surface area contributed by atoms with Gasteiger partial charge < -0.3 is 0 Å². The number of halogens is 4. The molecule has 0 bridgehead atoms. The standard InChI is InChI=1S/C8H6Br2F2S2/c9-8(10)4-7(11,12)6(14-8)5-2-1-3-13-5/h1-3,6H,4H2. The summed E-state index contributed by atoms with van der Waals surface area (Å²) < 4.78 is 26.5. The van der Waals surface area contributed by atoms with Crippen molar-refractivity contribution >= 4 is 55.0 Å². The van der Waals surface area contributed by atoms with E-state index in [4.69, 9.17) is 0 Å². The molecule has 0 amide bonds. The zero-order valence-corrected chi connectivity index (χ0v) is 11.6. The lowest BCUT2D eigenvalue weighted by Gasteiger charge is -2.15. The van der Waals surface area contributed by atoms with Crippen molar-refractivity contribution in [1.82, 2.24) is 0 Å². The molecule has 0 nitrogen and oxygen atoms in total. The molecular formula is C8H6Br2F2S2. The van der Waals surface area contributed by atoms with Crippen LogP contribution in [0, 0.1) is 0 Å². The van der Waals surface area contributed by atoms with Gasteiger partial charge in [-0.2, -0.15) is 0 Å². The van der Waals surface area contributed by atoms with Crippen LogP contribution in [0.25, 0.3) is 0 Å². The Labute approximate surface area is 106 Å². The van der Waals surface area contributed by atoms with Crippen LogP contribution in [0.3, 0.4) is 0 Å². The van der Waals surface area contributed by atoms with Gasteiger partial charge in [-0.1, -0.05) is 37.9 Å². The molecule has 1 unspecified atom stereocenters. The van der Waals surface area contributed by atoms with E-state index < -0.39 is 13.7 Å². The lowest BCUT2D eigenvalue weighted by molar-refractivity contribution is 0.00173. The first-order chi connectivity index (χ1) is 6.41. The summed E-state index contributed by atoms with van der Waals surface area (Å²) in [5.74, 6) is -2.65. The zero-order valence-electron chi connectivity index (χ0n) is 6.84. The molecule has 0 N–H and O–H groups in total. The van der Waals surface area contributed by atoms with Crippen LogP contribution in [0.2, 0.25) is 0 Å². The quantitative estimate of drug-likeness (QED) is 0.632. The number of alkyl halides is 4. The second-order valence-corrected chi connectivity index (χ2v) is 10.3. The topological polar surface area (TPSA) is 0 Å². The van der Waals surface area contributed by atoms with Crippen LogP contribution in [0.15, 0.2) is 17.5 Å². The molecule has 1 atom stereocenters. The van der Waals surface area contributed by atoms with E-state index in [1.165, 1.54) is 23.1 Å². The van der Waals surface area contributed by atoms with Gasteiger partial charge in [-0.25, -0.2) is 8.78 Å². The van der Waals surface area contributed by atoms with Crippen molar-refractivity contribution in [2.75, 3.05) is 0 Å². The molecule has 0 aromatic carbocycles. The fraction of sp³-hybridized carbons (Fsp3) is 0.500. The van der Waals surface area contributed by atoms with Crippen LogP contribution >= 0.6 is 55.0 Å². The Bertz CT molecular complexity index is 324. The van der Waals surface area contributed by atoms with E-state index in [1.807, 2.05) is 5.38 Å². The summed E-state index contributed by atoms with van der Waals surface area (Å²) in [4.78, 5) is 0.737. The minimum Gasteiger partial charge on any atom is -0.205 e. The molecule has 1 saturated heterocycles. The third-order valence-corrected chi connectivity index (χ3v) is 6.01. The SMILES string of the molecule is FC1(F)CC(Br)(Br)SC1c1cccs1. The Hall–Kier alpha value is 0.870. The van der Waals surface area contributed by atoms with E-state index in [0.717, 1.165) is 4.88 Å². The van der Waals surface area contributed by atoms with Crippen molar-refractivity contribution in [2.24, 2.45) is 0 Å². The van der Waals surface area contributed by atoms with Crippen LogP contribution in [-0.4, -0.2) is 8.49 Å². The first-order valence-corrected chi connectivity index (χ1v) is 7.22. The molecule has 0 saturated carbocycles. The number of hydrogen-bond acceptors (Lipinski definition) is 2. The molecule has 6 heteroatoms. The Balaban J connectivity index is 2.29. The Morgan fingerprint density at radius 1 is 1.43 bits per heavy atom. The molecule has 1 aliphatic heterocycles. The van der Waals surface area contributed by atoms with E-state index in [9.17, 15) is 8.78 Å². The molecule has 1 fully saturated rings. The smallest absolute Gasteiger partial charge is 0.205 e. The van der Waals surface area contributed by atoms with Crippen LogP contribution in [0.1, 0.15) is 16.5 Å². The van der Waals surface area contributed by atoms with E-state index in [1.54, 1.807) is 12.1 Å². The van der Waals surface area contributed by atoms with Crippen LogP contribution in [0.5, 0.6) is 0 Å².